The molecule has 23 heavy (non-hydrogen) atoms. The van der Waals surface area contributed by atoms with Gasteiger partial charge in [0.15, 0.2) is 11.6 Å². The molecule has 1 atom stereocenters. The summed E-state index contributed by atoms with van der Waals surface area (Å²) in [7, 11) is 1.91. The maximum Gasteiger partial charge on any atom is 0.259 e. The Bertz CT molecular complexity index is 789. The molecule has 0 fully saturated rings. The zero-order chi connectivity index (χ0) is 16.4. The lowest BCUT2D eigenvalue weighted by atomic mass is 10.2. The average molecular weight is 312 g/mol. The van der Waals surface area contributed by atoms with Gasteiger partial charge >= 0.3 is 0 Å². The van der Waals surface area contributed by atoms with Crippen LogP contribution in [0.1, 0.15) is 24.1 Å². The molecule has 3 rings (SSSR count). The summed E-state index contributed by atoms with van der Waals surface area (Å²) in [6, 6.07) is 6.13. The van der Waals surface area contributed by atoms with E-state index in [-0.39, 0.29) is 0 Å². The van der Waals surface area contributed by atoms with Crippen LogP contribution in [-0.4, -0.2) is 38.0 Å². The summed E-state index contributed by atoms with van der Waals surface area (Å²) in [5.74, 6) is 1.93. The van der Waals surface area contributed by atoms with E-state index in [1.54, 1.807) is 6.20 Å². The van der Waals surface area contributed by atoms with Crippen molar-refractivity contribution in [3.05, 3.63) is 41.6 Å². The molecule has 1 unspecified atom stereocenters. The van der Waals surface area contributed by atoms with Crippen LogP contribution in [0.25, 0.3) is 17.3 Å². The third kappa shape index (κ3) is 3.29. The number of hydrogen-bond donors (Lipinski definition) is 1. The van der Waals surface area contributed by atoms with Crippen molar-refractivity contribution in [2.24, 2.45) is 0 Å². The second-order valence-electron chi connectivity index (χ2n) is 5.65. The van der Waals surface area contributed by atoms with Gasteiger partial charge in [0.1, 0.15) is 0 Å². The third-order valence-electron chi connectivity index (χ3n) is 3.67. The summed E-state index contributed by atoms with van der Waals surface area (Å²) in [6.45, 7) is 6.04. The fraction of sp³-hybridized carbons (Fsp3) is 0.375. The van der Waals surface area contributed by atoms with Gasteiger partial charge in [-0.15, -0.1) is 0 Å². The highest BCUT2D eigenvalue weighted by Crippen LogP contribution is 2.18. The fourth-order valence-corrected chi connectivity index (χ4v) is 2.33. The number of aromatic nitrogens is 5. The zero-order valence-corrected chi connectivity index (χ0v) is 13.7. The van der Waals surface area contributed by atoms with E-state index in [4.69, 9.17) is 4.52 Å². The van der Waals surface area contributed by atoms with Crippen LogP contribution in [0.5, 0.6) is 0 Å². The SMILES string of the molecule is CNC(C)Cc1noc(-c2ccc(-n3nc(C)cc3C)nc2)n1. The van der Waals surface area contributed by atoms with E-state index < -0.39 is 0 Å². The normalized spacial score (nSPS) is 12.5. The van der Waals surface area contributed by atoms with Gasteiger partial charge in [-0.3, -0.25) is 0 Å². The Kier molecular flexibility index (Phi) is 4.20. The Labute approximate surface area is 134 Å². The predicted octanol–water partition coefficient (Wildman–Crippen LogP) is 2.08. The standard InChI is InChI=1S/C16H20N6O/c1-10(17-4)8-14-19-16(23-21-14)13-5-6-15(18-9-13)22-12(3)7-11(2)20-22/h5-7,9-10,17H,8H2,1-4H3. The monoisotopic (exact) mass is 312 g/mol. The van der Waals surface area contributed by atoms with Crippen molar-refractivity contribution in [1.29, 1.82) is 0 Å². The molecule has 0 aliphatic heterocycles. The number of nitrogens with zero attached hydrogens (tertiary/aromatic N) is 5. The number of pyridine rings is 1. The molecule has 3 aromatic rings. The number of nitrogens with one attached hydrogen (secondary N) is 1. The van der Waals surface area contributed by atoms with Crippen LogP contribution < -0.4 is 5.32 Å². The predicted molar refractivity (Wildman–Crippen MR) is 86.4 cm³/mol. The van der Waals surface area contributed by atoms with Crippen molar-refractivity contribution < 1.29 is 4.52 Å². The molecule has 3 aromatic heterocycles. The van der Waals surface area contributed by atoms with Gasteiger partial charge in [-0.1, -0.05) is 5.16 Å². The van der Waals surface area contributed by atoms with Crippen LogP contribution in [0.2, 0.25) is 0 Å². The van der Waals surface area contributed by atoms with Crippen LogP contribution in [0.4, 0.5) is 0 Å². The van der Waals surface area contributed by atoms with E-state index in [1.807, 2.05) is 43.8 Å². The van der Waals surface area contributed by atoms with Crippen molar-refractivity contribution in [2.75, 3.05) is 7.05 Å². The summed E-state index contributed by atoms with van der Waals surface area (Å²) in [6.07, 6.45) is 2.45. The number of likely N-dealkylation sites (N-methyl/N-ethyl adjacent to an activating group) is 1. The molecule has 0 saturated heterocycles. The Morgan fingerprint density at radius 1 is 1.30 bits per heavy atom. The van der Waals surface area contributed by atoms with Crippen molar-refractivity contribution in [2.45, 2.75) is 33.2 Å². The van der Waals surface area contributed by atoms with Gasteiger partial charge in [0.25, 0.3) is 5.89 Å². The zero-order valence-electron chi connectivity index (χ0n) is 13.7. The van der Waals surface area contributed by atoms with E-state index in [2.05, 4.69) is 32.5 Å². The van der Waals surface area contributed by atoms with Crippen LogP contribution >= 0.6 is 0 Å². The van der Waals surface area contributed by atoms with Crippen LogP contribution in [-0.2, 0) is 6.42 Å². The minimum absolute atomic E-state index is 0.298. The Morgan fingerprint density at radius 2 is 2.13 bits per heavy atom. The van der Waals surface area contributed by atoms with Gasteiger partial charge < -0.3 is 9.84 Å². The number of rotatable bonds is 5. The van der Waals surface area contributed by atoms with Gasteiger partial charge in [-0.25, -0.2) is 9.67 Å². The molecule has 0 spiro atoms. The van der Waals surface area contributed by atoms with E-state index >= 15 is 0 Å². The molecular weight excluding hydrogens is 292 g/mol. The Balaban J connectivity index is 1.81. The molecule has 0 aromatic carbocycles. The van der Waals surface area contributed by atoms with E-state index in [9.17, 15) is 0 Å². The van der Waals surface area contributed by atoms with Crippen molar-refractivity contribution in [3.8, 4) is 17.3 Å². The fourth-order valence-electron chi connectivity index (χ4n) is 2.33. The number of hydrogen-bond acceptors (Lipinski definition) is 6. The first-order valence-electron chi connectivity index (χ1n) is 7.56. The van der Waals surface area contributed by atoms with Gasteiger partial charge in [-0.05, 0) is 46.0 Å². The van der Waals surface area contributed by atoms with Gasteiger partial charge in [0.05, 0.1) is 11.3 Å². The molecule has 0 amide bonds. The third-order valence-corrected chi connectivity index (χ3v) is 3.67. The molecule has 3 heterocycles. The topological polar surface area (TPSA) is 81.7 Å². The first-order valence-corrected chi connectivity index (χ1v) is 7.56. The van der Waals surface area contributed by atoms with E-state index in [0.29, 0.717) is 17.8 Å². The second kappa shape index (κ2) is 6.29. The van der Waals surface area contributed by atoms with Crippen LogP contribution in [0.3, 0.4) is 0 Å². The van der Waals surface area contributed by atoms with Gasteiger partial charge in [0.2, 0.25) is 0 Å². The molecule has 1 N–H and O–H groups in total. The minimum Gasteiger partial charge on any atom is -0.334 e. The highest BCUT2D eigenvalue weighted by atomic mass is 16.5. The summed E-state index contributed by atoms with van der Waals surface area (Å²) >= 11 is 0. The molecule has 0 saturated carbocycles. The minimum atomic E-state index is 0.298. The smallest absolute Gasteiger partial charge is 0.259 e. The average Bonchev–Trinajstić information content (AvgIpc) is 3.13. The molecule has 7 heteroatoms. The lowest BCUT2D eigenvalue weighted by Gasteiger charge is -2.04. The van der Waals surface area contributed by atoms with E-state index in [0.717, 1.165) is 29.2 Å². The maximum absolute atomic E-state index is 5.32. The van der Waals surface area contributed by atoms with Gasteiger partial charge in [-0.2, -0.15) is 10.1 Å². The summed E-state index contributed by atoms with van der Waals surface area (Å²) in [4.78, 5) is 8.86. The first-order chi connectivity index (χ1) is 11.1. The Hall–Kier alpha value is -2.54. The molecule has 0 aliphatic rings. The maximum atomic E-state index is 5.32. The van der Waals surface area contributed by atoms with Crippen LogP contribution in [0.15, 0.2) is 28.9 Å². The van der Waals surface area contributed by atoms with Gasteiger partial charge in [0, 0.05) is 24.4 Å². The summed E-state index contributed by atoms with van der Waals surface area (Å²) in [5, 5.41) is 11.6. The van der Waals surface area contributed by atoms with Crippen molar-refractivity contribution in [3.63, 3.8) is 0 Å². The summed E-state index contributed by atoms with van der Waals surface area (Å²) < 4.78 is 7.13. The lowest BCUT2D eigenvalue weighted by molar-refractivity contribution is 0.418. The molecular formula is C16H20N6O. The van der Waals surface area contributed by atoms with Crippen LogP contribution in [0, 0.1) is 13.8 Å². The second-order valence-corrected chi connectivity index (χ2v) is 5.65. The summed E-state index contributed by atoms with van der Waals surface area (Å²) in [5.41, 5.74) is 2.81. The highest BCUT2D eigenvalue weighted by molar-refractivity contribution is 5.52. The van der Waals surface area contributed by atoms with Crippen molar-refractivity contribution >= 4 is 0 Å². The molecule has 0 aliphatic carbocycles. The largest absolute Gasteiger partial charge is 0.334 e. The lowest BCUT2D eigenvalue weighted by Crippen LogP contribution is -2.24. The molecule has 7 nitrogen and oxygen atoms in total. The first kappa shape index (κ1) is 15.4. The quantitative estimate of drug-likeness (QED) is 0.777. The highest BCUT2D eigenvalue weighted by Gasteiger charge is 2.12. The van der Waals surface area contributed by atoms with E-state index in [1.165, 1.54) is 0 Å². The van der Waals surface area contributed by atoms with Crippen molar-refractivity contribution in [1.82, 2.24) is 30.2 Å². The Morgan fingerprint density at radius 3 is 2.74 bits per heavy atom. The number of aryl methyl sites for hydroxylation is 2. The molecule has 0 bridgehead atoms. The molecule has 0 radical (unpaired) electrons. The molecule has 120 valence electrons.